The zero-order valence-electron chi connectivity index (χ0n) is 24.3. The number of ether oxygens (including phenoxy) is 2. The number of fused-ring (bicyclic) bond motifs is 1. The number of esters is 1. The molecule has 13 heteroatoms. The Morgan fingerprint density at radius 2 is 1.67 bits per heavy atom. The minimum absolute atomic E-state index is 0.00286. The average molecular weight is 619 g/mol. The van der Waals surface area contributed by atoms with Crippen LogP contribution in [0.2, 0.25) is 0 Å². The molecule has 0 bridgehead atoms. The van der Waals surface area contributed by atoms with Gasteiger partial charge >= 0.3 is 5.97 Å². The van der Waals surface area contributed by atoms with E-state index in [9.17, 15) is 21.6 Å². The van der Waals surface area contributed by atoms with Crippen molar-refractivity contribution in [2.45, 2.75) is 38.3 Å². The Morgan fingerprint density at radius 3 is 2.31 bits per heavy atom. The summed E-state index contributed by atoms with van der Waals surface area (Å²) in [7, 11) is -6.12. The predicted molar refractivity (Wildman–Crippen MR) is 160 cm³/mol. The first-order valence-electron chi connectivity index (χ1n) is 13.8. The fourth-order valence-electron chi connectivity index (χ4n) is 4.98. The van der Waals surface area contributed by atoms with E-state index in [0.29, 0.717) is 12.4 Å². The van der Waals surface area contributed by atoms with Gasteiger partial charge in [0.05, 0.1) is 23.3 Å². The molecule has 1 aliphatic heterocycles. The van der Waals surface area contributed by atoms with Crippen LogP contribution in [-0.2, 0) is 36.2 Å². The molecule has 3 aromatic rings. The van der Waals surface area contributed by atoms with E-state index in [1.165, 1.54) is 23.5 Å². The molecule has 0 saturated carbocycles. The molecule has 1 aliphatic rings. The second-order valence-electron chi connectivity index (χ2n) is 10.7. The number of methoxy groups -OCH3 is 1. The van der Waals surface area contributed by atoms with Gasteiger partial charge in [0.15, 0.2) is 0 Å². The smallest absolute Gasteiger partial charge is 0.324 e. The number of sulfonamides is 2. The van der Waals surface area contributed by atoms with Crippen LogP contribution in [0.25, 0.3) is 10.9 Å². The van der Waals surface area contributed by atoms with Crippen LogP contribution in [0, 0.1) is 12.8 Å². The summed E-state index contributed by atoms with van der Waals surface area (Å²) in [6, 6.07) is 14.9. The van der Waals surface area contributed by atoms with Crippen LogP contribution in [0.15, 0.2) is 59.5 Å². The molecule has 1 saturated heterocycles. The van der Waals surface area contributed by atoms with Gasteiger partial charge in [-0.3, -0.25) is 14.7 Å². The lowest BCUT2D eigenvalue weighted by Gasteiger charge is -2.37. The van der Waals surface area contributed by atoms with Crippen molar-refractivity contribution in [3.8, 4) is 5.75 Å². The third-order valence-electron chi connectivity index (χ3n) is 7.05. The van der Waals surface area contributed by atoms with E-state index in [1.54, 1.807) is 17.0 Å². The van der Waals surface area contributed by atoms with Gasteiger partial charge in [0.1, 0.15) is 18.4 Å². The van der Waals surface area contributed by atoms with Gasteiger partial charge in [0, 0.05) is 49.4 Å². The van der Waals surface area contributed by atoms with Gasteiger partial charge in [0.2, 0.25) is 20.0 Å². The standard InChI is InChI=1S/C29H38N4O7S2/c1-21(2)20-41(35,36)33-15-13-32(14-16-33)28(29(34)39-4)18-30-42(37,38)25-11-9-24(10-12-25)40-19-23-17-22(3)31-27-8-6-5-7-26(23)27/h5-12,17,21,28,30H,13-16,18-20H2,1-4H3/t28-/m0/s1. The maximum absolute atomic E-state index is 13.1. The third-order valence-corrected chi connectivity index (χ3v) is 10.7. The number of hydrogen-bond donors (Lipinski definition) is 1. The molecular formula is C29H38N4O7S2. The number of hydrogen-bond acceptors (Lipinski definition) is 9. The number of benzene rings is 2. The maximum atomic E-state index is 13.1. The number of nitrogens with zero attached hydrogens (tertiary/aromatic N) is 3. The molecule has 11 nitrogen and oxygen atoms in total. The van der Waals surface area contributed by atoms with E-state index in [4.69, 9.17) is 9.47 Å². The molecule has 1 fully saturated rings. The number of piperazine rings is 1. The largest absolute Gasteiger partial charge is 0.489 e. The number of para-hydroxylation sites is 1. The van der Waals surface area contributed by atoms with Gasteiger partial charge in [-0.25, -0.2) is 21.6 Å². The monoisotopic (exact) mass is 618 g/mol. The predicted octanol–water partition coefficient (Wildman–Crippen LogP) is 2.55. The Balaban J connectivity index is 1.37. The second kappa shape index (κ2) is 13.5. The van der Waals surface area contributed by atoms with Crippen LogP contribution in [0.3, 0.4) is 0 Å². The minimum atomic E-state index is -3.96. The quantitative estimate of drug-likeness (QED) is 0.304. The highest BCUT2D eigenvalue weighted by atomic mass is 32.2. The lowest BCUT2D eigenvalue weighted by atomic mass is 10.1. The summed E-state index contributed by atoms with van der Waals surface area (Å²) < 4.78 is 66.1. The van der Waals surface area contributed by atoms with Crippen LogP contribution in [0.4, 0.5) is 0 Å². The maximum Gasteiger partial charge on any atom is 0.324 e. The first-order valence-corrected chi connectivity index (χ1v) is 16.9. The normalized spacial score (nSPS) is 16.0. The molecule has 4 rings (SSSR count). The highest BCUT2D eigenvalue weighted by molar-refractivity contribution is 7.89. The van der Waals surface area contributed by atoms with Crippen LogP contribution < -0.4 is 9.46 Å². The first-order chi connectivity index (χ1) is 19.9. The summed E-state index contributed by atoms with van der Waals surface area (Å²) in [5.74, 6) is -0.0434. The molecule has 2 heterocycles. The number of carbonyl (C=O) groups is 1. The van der Waals surface area contributed by atoms with Gasteiger partial charge in [0.25, 0.3) is 0 Å². The SMILES string of the molecule is COC(=O)[C@H](CNS(=O)(=O)c1ccc(OCc2cc(C)nc3ccccc23)cc1)N1CCN(S(=O)(=O)CC(C)C)CC1. The molecule has 0 spiro atoms. The fourth-order valence-corrected chi connectivity index (χ4v) is 7.79. The van der Waals surface area contributed by atoms with Gasteiger partial charge in [-0.1, -0.05) is 32.0 Å². The third kappa shape index (κ3) is 7.84. The number of pyridine rings is 1. The highest BCUT2D eigenvalue weighted by Crippen LogP contribution is 2.22. The van der Waals surface area contributed by atoms with Crippen LogP contribution >= 0.6 is 0 Å². The molecule has 0 aliphatic carbocycles. The summed E-state index contributed by atoms with van der Waals surface area (Å²) in [5, 5.41) is 0.991. The second-order valence-corrected chi connectivity index (χ2v) is 14.5. The minimum Gasteiger partial charge on any atom is -0.489 e. The molecule has 2 aromatic carbocycles. The Bertz CT molecular complexity index is 1600. The molecule has 0 amide bonds. The van der Waals surface area contributed by atoms with Gasteiger partial charge in [-0.2, -0.15) is 4.31 Å². The lowest BCUT2D eigenvalue weighted by Crippen LogP contribution is -2.57. The molecule has 0 unspecified atom stereocenters. The van der Waals surface area contributed by atoms with Crippen LogP contribution in [0.1, 0.15) is 25.1 Å². The van der Waals surface area contributed by atoms with Crippen molar-refractivity contribution >= 4 is 36.9 Å². The van der Waals surface area contributed by atoms with Crippen molar-refractivity contribution in [3.05, 3.63) is 65.9 Å². The van der Waals surface area contributed by atoms with Crippen molar-refractivity contribution in [2.24, 2.45) is 5.92 Å². The Labute approximate surface area is 247 Å². The van der Waals surface area contributed by atoms with Crippen molar-refractivity contribution in [1.82, 2.24) is 18.9 Å². The summed E-state index contributed by atoms with van der Waals surface area (Å²) in [6.07, 6.45) is 0. The Morgan fingerprint density at radius 1 is 1.00 bits per heavy atom. The summed E-state index contributed by atoms with van der Waals surface area (Å²) in [6.45, 7) is 6.66. The molecule has 228 valence electrons. The van der Waals surface area contributed by atoms with E-state index >= 15 is 0 Å². The zero-order valence-corrected chi connectivity index (χ0v) is 25.9. The highest BCUT2D eigenvalue weighted by Gasteiger charge is 2.34. The molecule has 1 aromatic heterocycles. The van der Waals surface area contributed by atoms with Gasteiger partial charge in [-0.15, -0.1) is 0 Å². The van der Waals surface area contributed by atoms with Gasteiger partial charge < -0.3 is 9.47 Å². The molecule has 1 atom stereocenters. The zero-order chi connectivity index (χ0) is 30.5. The number of rotatable bonds is 12. The summed E-state index contributed by atoms with van der Waals surface area (Å²) >= 11 is 0. The van der Waals surface area contributed by atoms with Crippen molar-refractivity contribution in [2.75, 3.05) is 45.6 Å². The number of aryl methyl sites for hydroxylation is 1. The van der Waals surface area contributed by atoms with Crippen molar-refractivity contribution in [1.29, 1.82) is 0 Å². The van der Waals surface area contributed by atoms with Gasteiger partial charge in [-0.05, 0) is 49.2 Å². The van der Waals surface area contributed by atoms with Crippen molar-refractivity contribution < 1.29 is 31.1 Å². The van der Waals surface area contributed by atoms with E-state index < -0.39 is 32.1 Å². The van der Waals surface area contributed by atoms with E-state index in [1.807, 2.05) is 51.1 Å². The molecule has 1 N–H and O–H groups in total. The number of aromatic nitrogens is 1. The van der Waals surface area contributed by atoms with Crippen LogP contribution in [0.5, 0.6) is 5.75 Å². The van der Waals surface area contributed by atoms with E-state index in [2.05, 4.69) is 9.71 Å². The molecule has 42 heavy (non-hydrogen) atoms. The lowest BCUT2D eigenvalue weighted by molar-refractivity contribution is -0.147. The summed E-state index contributed by atoms with van der Waals surface area (Å²) in [5.41, 5.74) is 2.73. The molecule has 0 radical (unpaired) electrons. The topological polar surface area (TPSA) is 135 Å². The molecular weight excluding hydrogens is 580 g/mol. The van der Waals surface area contributed by atoms with E-state index in [-0.39, 0.29) is 49.3 Å². The summed E-state index contributed by atoms with van der Waals surface area (Å²) in [4.78, 5) is 18.9. The first kappa shape index (κ1) is 31.8. The van der Waals surface area contributed by atoms with E-state index in [0.717, 1.165) is 22.2 Å². The Hall–Kier alpha value is -3.10. The Kier molecular flexibility index (Phi) is 10.2. The van der Waals surface area contributed by atoms with Crippen LogP contribution in [-0.4, -0.2) is 88.6 Å². The number of nitrogens with one attached hydrogen (secondary N) is 1. The average Bonchev–Trinajstić information content (AvgIpc) is 2.95. The van der Waals surface area contributed by atoms with Crippen molar-refractivity contribution in [3.63, 3.8) is 0 Å². The fraction of sp³-hybridized carbons (Fsp3) is 0.448. The number of carbonyl (C=O) groups excluding carboxylic acids is 1.